The molecule has 0 atom stereocenters. The first-order valence-corrected chi connectivity index (χ1v) is 7.41. The first kappa shape index (κ1) is 14.4. The summed E-state index contributed by atoms with van der Waals surface area (Å²) in [5, 5.41) is 4.85. The van der Waals surface area contributed by atoms with Crippen LogP contribution in [0.1, 0.15) is 22.2 Å². The Kier molecular flexibility index (Phi) is 4.63. The van der Waals surface area contributed by atoms with E-state index in [9.17, 15) is 4.79 Å². The molecule has 1 aromatic carbocycles. The zero-order valence-corrected chi connectivity index (χ0v) is 12.5. The molecule has 1 heterocycles. The molecule has 0 bridgehead atoms. The number of amides is 1. The number of rotatable bonds is 5. The van der Waals surface area contributed by atoms with Gasteiger partial charge in [-0.25, -0.2) is 0 Å². The summed E-state index contributed by atoms with van der Waals surface area (Å²) in [7, 11) is 1.98. The highest BCUT2D eigenvalue weighted by atomic mass is 32.1. The second kappa shape index (κ2) is 6.43. The minimum atomic E-state index is -0.0710. The molecule has 0 aliphatic heterocycles. The molecule has 2 aromatic rings. The predicted octanol–water partition coefficient (Wildman–Crippen LogP) is 2.72. The molecule has 2 rings (SSSR count). The van der Waals surface area contributed by atoms with Gasteiger partial charge in [-0.3, -0.25) is 4.79 Å². The van der Waals surface area contributed by atoms with Gasteiger partial charge < -0.3 is 16.0 Å². The smallest absolute Gasteiger partial charge is 0.251 e. The Morgan fingerprint density at radius 1 is 1.40 bits per heavy atom. The molecule has 3 N–H and O–H groups in total. The molecule has 0 unspecified atom stereocenters. The highest BCUT2D eigenvalue weighted by molar-refractivity contribution is 7.09. The minimum absolute atomic E-state index is 0.0710. The molecular formula is C15H19N3OS. The predicted molar refractivity (Wildman–Crippen MR) is 85.3 cm³/mol. The van der Waals surface area contributed by atoms with Crippen molar-refractivity contribution in [1.29, 1.82) is 0 Å². The van der Waals surface area contributed by atoms with Crippen molar-refractivity contribution in [2.24, 2.45) is 0 Å². The van der Waals surface area contributed by atoms with Crippen LogP contribution in [0.5, 0.6) is 0 Å². The fourth-order valence-corrected chi connectivity index (χ4v) is 2.76. The van der Waals surface area contributed by atoms with E-state index in [1.54, 1.807) is 23.5 Å². The van der Waals surface area contributed by atoms with E-state index in [0.29, 0.717) is 17.8 Å². The van der Waals surface area contributed by atoms with Crippen molar-refractivity contribution in [1.82, 2.24) is 5.32 Å². The Bertz CT molecular complexity index is 581. The molecule has 106 valence electrons. The van der Waals surface area contributed by atoms with Gasteiger partial charge in [-0.15, -0.1) is 11.3 Å². The van der Waals surface area contributed by atoms with Crippen LogP contribution >= 0.6 is 11.3 Å². The van der Waals surface area contributed by atoms with Crippen LogP contribution < -0.4 is 16.0 Å². The SMILES string of the molecule is CCNC(=O)c1ccc(N)c(N(C)Cc2cccs2)c1. The number of thiophene rings is 1. The van der Waals surface area contributed by atoms with Crippen LogP contribution in [0.2, 0.25) is 0 Å². The molecule has 0 aliphatic rings. The highest BCUT2D eigenvalue weighted by Gasteiger charge is 2.11. The molecule has 1 amide bonds. The van der Waals surface area contributed by atoms with Crippen LogP contribution in [-0.2, 0) is 6.54 Å². The summed E-state index contributed by atoms with van der Waals surface area (Å²) in [5.74, 6) is -0.0710. The van der Waals surface area contributed by atoms with Crippen molar-refractivity contribution in [3.63, 3.8) is 0 Å². The average Bonchev–Trinajstić information content (AvgIpc) is 2.92. The van der Waals surface area contributed by atoms with Gasteiger partial charge in [0.1, 0.15) is 0 Å². The van der Waals surface area contributed by atoms with Crippen LogP contribution in [0.25, 0.3) is 0 Å². The summed E-state index contributed by atoms with van der Waals surface area (Å²) in [4.78, 5) is 15.2. The van der Waals surface area contributed by atoms with Gasteiger partial charge in [-0.1, -0.05) is 6.07 Å². The van der Waals surface area contributed by atoms with Gasteiger partial charge in [-0.05, 0) is 36.6 Å². The molecule has 0 radical (unpaired) electrons. The lowest BCUT2D eigenvalue weighted by molar-refractivity contribution is 0.0956. The normalized spacial score (nSPS) is 10.3. The summed E-state index contributed by atoms with van der Waals surface area (Å²) < 4.78 is 0. The molecule has 0 spiro atoms. The van der Waals surface area contributed by atoms with E-state index >= 15 is 0 Å². The third-order valence-corrected chi connectivity index (χ3v) is 3.88. The van der Waals surface area contributed by atoms with E-state index in [1.807, 2.05) is 26.1 Å². The lowest BCUT2D eigenvalue weighted by Crippen LogP contribution is -2.23. The molecule has 0 aliphatic carbocycles. The monoisotopic (exact) mass is 289 g/mol. The van der Waals surface area contributed by atoms with Crippen molar-refractivity contribution in [3.8, 4) is 0 Å². The lowest BCUT2D eigenvalue weighted by atomic mass is 10.1. The summed E-state index contributed by atoms with van der Waals surface area (Å²) in [6.07, 6.45) is 0. The Morgan fingerprint density at radius 2 is 2.20 bits per heavy atom. The van der Waals surface area contributed by atoms with E-state index in [2.05, 4.69) is 21.7 Å². The largest absolute Gasteiger partial charge is 0.397 e. The van der Waals surface area contributed by atoms with Crippen molar-refractivity contribution >= 4 is 28.6 Å². The first-order chi connectivity index (χ1) is 9.61. The molecule has 20 heavy (non-hydrogen) atoms. The Balaban J connectivity index is 2.21. The van der Waals surface area contributed by atoms with Crippen LogP contribution in [-0.4, -0.2) is 19.5 Å². The molecule has 5 heteroatoms. The van der Waals surface area contributed by atoms with Crippen LogP contribution in [0.3, 0.4) is 0 Å². The lowest BCUT2D eigenvalue weighted by Gasteiger charge is -2.21. The molecular weight excluding hydrogens is 270 g/mol. The van der Waals surface area contributed by atoms with E-state index in [4.69, 9.17) is 5.73 Å². The Hall–Kier alpha value is -2.01. The Labute approximate surface area is 123 Å². The second-order valence-corrected chi connectivity index (χ2v) is 5.60. The molecule has 0 saturated heterocycles. The van der Waals surface area contributed by atoms with Gasteiger partial charge in [0.15, 0.2) is 0 Å². The number of nitrogens with zero attached hydrogens (tertiary/aromatic N) is 1. The standard InChI is InChI=1S/C15H19N3OS/c1-3-17-15(19)11-6-7-13(16)14(9-11)18(2)10-12-5-4-8-20-12/h4-9H,3,10,16H2,1-2H3,(H,17,19). The Morgan fingerprint density at radius 3 is 2.85 bits per heavy atom. The van der Waals surface area contributed by atoms with Crippen LogP contribution in [0.4, 0.5) is 11.4 Å². The number of nitrogens with one attached hydrogen (secondary N) is 1. The maximum Gasteiger partial charge on any atom is 0.251 e. The van der Waals surface area contributed by atoms with Crippen molar-refractivity contribution in [2.45, 2.75) is 13.5 Å². The van der Waals surface area contributed by atoms with E-state index in [0.717, 1.165) is 12.2 Å². The summed E-state index contributed by atoms with van der Waals surface area (Å²) in [6.45, 7) is 3.29. The summed E-state index contributed by atoms with van der Waals surface area (Å²) >= 11 is 1.71. The van der Waals surface area contributed by atoms with Gasteiger partial charge in [0.2, 0.25) is 0 Å². The highest BCUT2D eigenvalue weighted by Crippen LogP contribution is 2.26. The number of nitrogens with two attached hydrogens (primary N) is 1. The fraction of sp³-hybridized carbons (Fsp3) is 0.267. The second-order valence-electron chi connectivity index (χ2n) is 4.57. The number of benzene rings is 1. The van der Waals surface area contributed by atoms with Gasteiger partial charge in [0.25, 0.3) is 5.91 Å². The number of anilines is 2. The quantitative estimate of drug-likeness (QED) is 0.832. The number of carbonyl (C=O) groups excluding carboxylic acids is 1. The van der Waals surface area contributed by atoms with Crippen LogP contribution in [0.15, 0.2) is 35.7 Å². The maximum absolute atomic E-state index is 11.9. The van der Waals surface area contributed by atoms with E-state index < -0.39 is 0 Å². The van der Waals surface area contributed by atoms with Gasteiger partial charge in [-0.2, -0.15) is 0 Å². The van der Waals surface area contributed by atoms with Gasteiger partial charge >= 0.3 is 0 Å². The maximum atomic E-state index is 11.9. The van der Waals surface area contributed by atoms with Crippen molar-refractivity contribution in [3.05, 3.63) is 46.2 Å². The van der Waals surface area contributed by atoms with Crippen molar-refractivity contribution in [2.75, 3.05) is 24.2 Å². The van der Waals surface area contributed by atoms with E-state index in [1.165, 1.54) is 4.88 Å². The molecule has 0 fully saturated rings. The zero-order valence-electron chi connectivity index (χ0n) is 11.7. The van der Waals surface area contributed by atoms with E-state index in [-0.39, 0.29) is 5.91 Å². The third kappa shape index (κ3) is 3.30. The minimum Gasteiger partial charge on any atom is -0.397 e. The average molecular weight is 289 g/mol. The first-order valence-electron chi connectivity index (χ1n) is 6.53. The fourth-order valence-electron chi connectivity index (χ4n) is 2.00. The summed E-state index contributed by atoms with van der Waals surface area (Å²) in [5.41, 5.74) is 8.21. The summed E-state index contributed by atoms with van der Waals surface area (Å²) in [6, 6.07) is 9.49. The topological polar surface area (TPSA) is 58.4 Å². The molecule has 4 nitrogen and oxygen atoms in total. The van der Waals surface area contributed by atoms with Gasteiger partial charge in [0, 0.05) is 24.0 Å². The number of carbonyl (C=O) groups is 1. The number of nitrogen functional groups attached to an aromatic ring is 1. The zero-order chi connectivity index (χ0) is 14.5. The van der Waals surface area contributed by atoms with Gasteiger partial charge in [0.05, 0.1) is 17.9 Å². The number of hydrogen-bond acceptors (Lipinski definition) is 4. The molecule has 0 saturated carbocycles. The van der Waals surface area contributed by atoms with Crippen molar-refractivity contribution < 1.29 is 4.79 Å². The van der Waals surface area contributed by atoms with Crippen LogP contribution in [0, 0.1) is 0 Å². The third-order valence-electron chi connectivity index (χ3n) is 3.01. The molecule has 1 aromatic heterocycles. The number of hydrogen-bond donors (Lipinski definition) is 2.